The van der Waals surface area contributed by atoms with Crippen LogP contribution in [0.3, 0.4) is 0 Å². The predicted octanol–water partition coefficient (Wildman–Crippen LogP) is 2.86. The van der Waals surface area contributed by atoms with E-state index in [1.165, 1.54) is 0 Å². The van der Waals surface area contributed by atoms with Crippen molar-refractivity contribution in [2.45, 2.75) is 25.0 Å². The summed E-state index contributed by atoms with van der Waals surface area (Å²) in [5.41, 5.74) is 1.41. The van der Waals surface area contributed by atoms with E-state index in [-0.39, 0.29) is 11.5 Å². The van der Waals surface area contributed by atoms with Crippen LogP contribution in [-0.4, -0.2) is 50.3 Å². The number of benzene rings is 2. The SMILES string of the molecule is COc1ccc(CN2CCC3(CC2)CNC(=O)c2ccccc2O3)c(OC)c1. The Labute approximate surface area is 165 Å². The number of carbonyl (C=O) groups is 1. The fraction of sp³-hybridized carbons (Fsp3) is 0.409. The van der Waals surface area contributed by atoms with Crippen molar-refractivity contribution in [2.75, 3.05) is 33.9 Å². The molecule has 1 spiro atoms. The van der Waals surface area contributed by atoms with Gasteiger partial charge < -0.3 is 19.5 Å². The third-order valence-electron chi connectivity index (χ3n) is 5.68. The summed E-state index contributed by atoms with van der Waals surface area (Å²) >= 11 is 0. The number of likely N-dealkylation sites (tertiary alicyclic amines) is 1. The number of piperidine rings is 1. The molecular weight excluding hydrogens is 356 g/mol. The number of fused-ring (bicyclic) bond motifs is 1. The Bertz CT molecular complexity index is 859. The third-order valence-corrected chi connectivity index (χ3v) is 5.68. The van der Waals surface area contributed by atoms with Crippen LogP contribution in [0.1, 0.15) is 28.8 Å². The summed E-state index contributed by atoms with van der Waals surface area (Å²) in [6.45, 7) is 3.15. The van der Waals surface area contributed by atoms with Gasteiger partial charge in [-0.2, -0.15) is 0 Å². The molecule has 1 amide bonds. The van der Waals surface area contributed by atoms with Gasteiger partial charge >= 0.3 is 0 Å². The Morgan fingerprint density at radius 3 is 2.64 bits per heavy atom. The minimum atomic E-state index is -0.344. The second-order valence-electron chi connectivity index (χ2n) is 7.42. The summed E-state index contributed by atoms with van der Waals surface area (Å²) in [7, 11) is 3.34. The van der Waals surface area contributed by atoms with Gasteiger partial charge in [0, 0.05) is 44.1 Å². The first-order valence-electron chi connectivity index (χ1n) is 9.62. The van der Waals surface area contributed by atoms with Gasteiger partial charge in [0.05, 0.1) is 26.3 Å². The number of nitrogens with one attached hydrogen (secondary N) is 1. The van der Waals surface area contributed by atoms with Gasteiger partial charge in [0.1, 0.15) is 22.8 Å². The van der Waals surface area contributed by atoms with Crippen molar-refractivity contribution in [3.63, 3.8) is 0 Å². The molecule has 1 N–H and O–H groups in total. The largest absolute Gasteiger partial charge is 0.497 e. The van der Waals surface area contributed by atoms with Crippen LogP contribution in [0.15, 0.2) is 42.5 Å². The number of para-hydroxylation sites is 1. The summed E-state index contributed by atoms with van der Waals surface area (Å²) in [4.78, 5) is 14.7. The lowest BCUT2D eigenvalue weighted by Gasteiger charge is -2.41. The normalized spacial score (nSPS) is 18.6. The molecule has 2 heterocycles. The molecule has 6 heteroatoms. The first-order chi connectivity index (χ1) is 13.6. The van der Waals surface area contributed by atoms with Gasteiger partial charge in [0.2, 0.25) is 0 Å². The van der Waals surface area contributed by atoms with Gasteiger partial charge in [-0.05, 0) is 18.2 Å². The fourth-order valence-electron chi connectivity index (χ4n) is 3.97. The molecule has 1 fully saturated rings. The summed E-state index contributed by atoms with van der Waals surface area (Å²) in [5, 5.41) is 3.04. The third kappa shape index (κ3) is 3.64. The first-order valence-corrected chi connectivity index (χ1v) is 9.62. The van der Waals surface area contributed by atoms with Crippen molar-refractivity contribution in [2.24, 2.45) is 0 Å². The monoisotopic (exact) mass is 382 g/mol. The molecule has 0 saturated carbocycles. The van der Waals surface area contributed by atoms with Crippen LogP contribution in [0, 0.1) is 0 Å². The Kier molecular flexibility index (Phi) is 5.13. The lowest BCUT2D eigenvalue weighted by atomic mass is 9.90. The maximum absolute atomic E-state index is 12.3. The average Bonchev–Trinajstić information content (AvgIpc) is 2.87. The van der Waals surface area contributed by atoms with E-state index >= 15 is 0 Å². The molecule has 0 radical (unpaired) electrons. The van der Waals surface area contributed by atoms with Crippen LogP contribution >= 0.6 is 0 Å². The van der Waals surface area contributed by atoms with Crippen molar-refractivity contribution in [1.29, 1.82) is 0 Å². The Balaban J connectivity index is 1.44. The van der Waals surface area contributed by atoms with E-state index in [1.54, 1.807) is 14.2 Å². The molecule has 6 nitrogen and oxygen atoms in total. The van der Waals surface area contributed by atoms with Crippen molar-refractivity contribution in [3.05, 3.63) is 53.6 Å². The van der Waals surface area contributed by atoms with E-state index in [4.69, 9.17) is 14.2 Å². The maximum Gasteiger partial charge on any atom is 0.255 e. The zero-order valence-corrected chi connectivity index (χ0v) is 16.4. The average molecular weight is 382 g/mol. The van der Waals surface area contributed by atoms with Crippen molar-refractivity contribution >= 4 is 5.91 Å². The lowest BCUT2D eigenvalue weighted by molar-refractivity contribution is 0.00380. The molecule has 0 bridgehead atoms. The molecule has 28 heavy (non-hydrogen) atoms. The number of hydrogen-bond acceptors (Lipinski definition) is 5. The van der Waals surface area contributed by atoms with Crippen LogP contribution < -0.4 is 19.5 Å². The smallest absolute Gasteiger partial charge is 0.255 e. The molecule has 0 aliphatic carbocycles. The molecule has 2 aliphatic heterocycles. The molecule has 0 unspecified atom stereocenters. The van der Waals surface area contributed by atoms with Gasteiger partial charge in [0.25, 0.3) is 5.91 Å². The van der Waals surface area contributed by atoms with E-state index in [1.807, 2.05) is 36.4 Å². The minimum absolute atomic E-state index is 0.0575. The highest BCUT2D eigenvalue weighted by molar-refractivity contribution is 5.97. The summed E-state index contributed by atoms with van der Waals surface area (Å²) in [6, 6.07) is 13.4. The van der Waals surface area contributed by atoms with Crippen LogP contribution in [0.2, 0.25) is 0 Å². The molecule has 4 rings (SSSR count). The zero-order valence-electron chi connectivity index (χ0n) is 16.4. The number of nitrogens with zero attached hydrogens (tertiary/aromatic N) is 1. The topological polar surface area (TPSA) is 60.0 Å². The molecule has 0 atom stereocenters. The number of amides is 1. The Morgan fingerprint density at radius 1 is 1.11 bits per heavy atom. The molecule has 1 saturated heterocycles. The van der Waals surface area contributed by atoms with E-state index in [9.17, 15) is 4.79 Å². The highest BCUT2D eigenvalue weighted by Crippen LogP contribution is 2.34. The summed E-state index contributed by atoms with van der Waals surface area (Å²) < 4.78 is 17.2. The van der Waals surface area contributed by atoms with Gasteiger partial charge in [-0.3, -0.25) is 9.69 Å². The van der Waals surface area contributed by atoms with E-state index < -0.39 is 0 Å². The Morgan fingerprint density at radius 2 is 1.89 bits per heavy atom. The van der Waals surface area contributed by atoms with Crippen molar-refractivity contribution in [3.8, 4) is 17.2 Å². The molecular formula is C22H26N2O4. The van der Waals surface area contributed by atoms with Crippen molar-refractivity contribution < 1.29 is 19.0 Å². The second-order valence-corrected chi connectivity index (χ2v) is 7.42. The second kappa shape index (κ2) is 7.72. The van der Waals surface area contributed by atoms with Crippen LogP contribution in [0.25, 0.3) is 0 Å². The number of carbonyl (C=O) groups excluding carboxylic acids is 1. The van der Waals surface area contributed by atoms with Crippen LogP contribution in [-0.2, 0) is 6.54 Å². The molecule has 2 aromatic rings. The summed E-state index contributed by atoms with van der Waals surface area (Å²) in [6.07, 6.45) is 1.72. The van der Waals surface area contributed by atoms with Gasteiger partial charge in [0.15, 0.2) is 0 Å². The van der Waals surface area contributed by atoms with Gasteiger partial charge in [-0.25, -0.2) is 0 Å². The highest BCUT2D eigenvalue weighted by Gasteiger charge is 2.40. The number of ether oxygens (including phenoxy) is 3. The predicted molar refractivity (Wildman–Crippen MR) is 106 cm³/mol. The van der Waals surface area contributed by atoms with E-state index in [0.29, 0.717) is 17.9 Å². The quantitative estimate of drug-likeness (QED) is 0.881. The first kappa shape index (κ1) is 18.6. The summed E-state index contributed by atoms with van der Waals surface area (Å²) in [5.74, 6) is 2.26. The van der Waals surface area contributed by atoms with E-state index in [2.05, 4.69) is 16.3 Å². The standard InChI is InChI=1S/C22H26N2O4/c1-26-17-8-7-16(20(13-17)27-2)14-24-11-9-22(10-12-24)15-23-21(25)18-5-3-4-6-19(18)28-22/h3-8,13H,9-12,14-15H2,1-2H3,(H,23,25). The highest BCUT2D eigenvalue weighted by atomic mass is 16.5. The molecule has 148 valence electrons. The van der Waals surface area contributed by atoms with E-state index in [0.717, 1.165) is 49.5 Å². The van der Waals surface area contributed by atoms with Gasteiger partial charge in [-0.15, -0.1) is 0 Å². The molecule has 2 aliphatic rings. The number of rotatable bonds is 4. The van der Waals surface area contributed by atoms with Crippen LogP contribution in [0.4, 0.5) is 0 Å². The maximum atomic E-state index is 12.3. The Hall–Kier alpha value is -2.73. The molecule has 0 aromatic heterocycles. The zero-order chi connectivity index (χ0) is 19.6. The van der Waals surface area contributed by atoms with Crippen LogP contribution in [0.5, 0.6) is 17.2 Å². The minimum Gasteiger partial charge on any atom is -0.497 e. The molecule has 2 aromatic carbocycles. The van der Waals surface area contributed by atoms with Gasteiger partial charge in [-0.1, -0.05) is 18.2 Å². The van der Waals surface area contributed by atoms with Crippen molar-refractivity contribution in [1.82, 2.24) is 10.2 Å². The number of hydrogen-bond donors (Lipinski definition) is 1. The number of methoxy groups -OCH3 is 2. The fourth-order valence-corrected chi connectivity index (χ4v) is 3.97. The lowest BCUT2D eigenvalue weighted by Crippen LogP contribution is -2.53.